The number of halogens is 1. The van der Waals surface area contributed by atoms with Gasteiger partial charge in [-0.15, -0.1) is 0 Å². The number of aromatic nitrogens is 1. The minimum atomic E-state index is 0.768. The molecule has 0 radical (unpaired) electrons. The van der Waals surface area contributed by atoms with Crippen LogP contribution in [0.5, 0.6) is 0 Å². The molecule has 1 aliphatic heterocycles. The first kappa shape index (κ1) is 12.0. The molecule has 0 saturated carbocycles. The van der Waals surface area contributed by atoms with Crippen LogP contribution in [0.25, 0.3) is 0 Å². The molecule has 0 spiro atoms. The van der Waals surface area contributed by atoms with Crippen molar-refractivity contribution >= 4 is 15.9 Å². The van der Waals surface area contributed by atoms with Gasteiger partial charge in [0.05, 0.1) is 5.69 Å². The van der Waals surface area contributed by atoms with Gasteiger partial charge in [-0.25, -0.2) is 0 Å². The highest BCUT2D eigenvalue weighted by Gasteiger charge is 2.12. The van der Waals surface area contributed by atoms with Gasteiger partial charge in [0.1, 0.15) is 0 Å². The number of hydrogen-bond donors (Lipinski definition) is 1. The first-order chi connectivity index (χ1) is 7.84. The Bertz CT molecular complexity index is 309. The zero-order chi connectivity index (χ0) is 11.2. The number of nitrogens with zero attached hydrogens (tertiary/aromatic N) is 1. The summed E-state index contributed by atoms with van der Waals surface area (Å²) in [5.41, 5.74) is 1.09. The van der Waals surface area contributed by atoms with Crippen LogP contribution in [-0.4, -0.2) is 24.7 Å². The topological polar surface area (TPSA) is 34.1 Å². The summed E-state index contributed by atoms with van der Waals surface area (Å²) in [7, 11) is 0. The van der Waals surface area contributed by atoms with Crippen LogP contribution in [0.2, 0.25) is 0 Å². The van der Waals surface area contributed by atoms with Crippen LogP contribution in [-0.2, 0) is 11.3 Å². The minimum absolute atomic E-state index is 0.768. The number of ether oxygens (including phenoxy) is 1. The number of hydrogen-bond acceptors (Lipinski definition) is 3. The zero-order valence-corrected chi connectivity index (χ0v) is 10.9. The molecular weight excluding hydrogens is 268 g/mol. The summed E-state index contributed by atoms with van der Waals surface area (Å²) in [5.74, 6) is 0.768. The van der Waals surface area contributed by atoms with Crippen molar-refractivity contribution in [2.75, 3.05) is 19.8 Å². The second-order valence-electron chi connectivity index (χ2n) is 4.15. The van der Waals surface area contributed by atoms with Crippen molar-refractivity contribution in [3.63, 3.8) is 0 Å². The minimum Gasteiger partial charge on any atom is -0.381 e. The van der Waals surface area contributed by atoms with Gasteiger partial charge in [-0.2, -0.15) is 0 Å². The van der Waals surface area contributed by atoms with Gasteiger partial charge in [-0.3, -0.25) is 4.98 Å². The first-order valence-corrected chi connectivity index (χ1v) is 6.53. The van der Waals surface area contributed by atoms with Crippen molar-refractivity contribution in [2.45, 2.75) is 19.4 Å². The summed E-state index contributed by atoms with van der Waals surface area (Å²) in [5, 5.41) is 3.46. The van der Waals surface area contributed by atoms with Crippen LogP contribution < -0.4 is 5.32 Å². The Morgan fingerprint density at radius 3 is 2.88 bits per heavy atom. The Hall–Kier alpha value is -0.450. The fourth-order valence-corrected chi connectivity index (χ4v) is 2.10. The van der Waals surface area contributed by atoms with Gasteiger partial charge < -0.3 is 10.1 Å². The molecule has 1 aliphatic rings. The summed E-state index contributed by atoms with van der Waals surface area (Å²) < 4.78 is 6.36. The number of rotatable bonds is 4. The van der Waals surface area contributed by atoms with E-state index in [1.807, 2.05) is 18.3 Å². The molecule has 4 heteroatoms. The largest absolute Gasteiger partial charge is 0.381 e. The van der Waals surface area contributed by atoms with Gasteiger partial charge in [0.15, 0.2) is 0 Å². The molecular formula is C12H17BrN2O. The van der Waals surface area contributed by atoms with E-state index in [1.165, 1.54) is 12.8 Å². The monoisotopic (exact) mass is 284 g/mol. The molecule has 0 unspecified atom stereocenters. The van der Waals surface area contributed by atoms with Crippen molar-refractivity contribution in [1.82, 2.24) is 10.3 Å². The van der Waals surface area contributed by atoms with E-state index >= 15 is 0 Å². The molecule has 0 amide bonds. The van der Waals surface area contributed by atoms with E-state index in [9.17, 15) is 0 Å². The average Bonchev–Trinajstić information content (AvgIpc) is 2.33. The fourth-order valence-electron chi connectivity index (χ4n) is 1.87. The molecule has 0 aliphatic carbocycles. The molecule has 2 heterocycles. The van der Waals surface area contributed by atoms with E-state index in [-0.39, 0.29) is 0 Å². The Morgan fingerprint density at radius 2 is 2.19 bits per heavy atom. The Kier molecular flexibility index (Phi) is 4.75. The standard InChI is InChI=1S/C12H17BrN2O/c13-11-1-2-12(15-8-11)9-14-7-10-3-5-16-6-4-10/h1-2,8,10,14H,3-7,9H2. The third-order valence-corrected chi connectivity index (χ3v) is 3.34. The highest BCUT2D eigenvalue weighted by atomic mass is 79.9. The normalized spacial score (nSPS) is 17.6. The average molecular weight is 285 g/mol. The predicted octanol–water partition coefficient (Wildman–Crippen LogP) is 2.36. The molecule has 0 atom stereocenters. The maximum absolute atomic E-state index is 5.33. The van der Waals surface area contributed by atoms with Crippen molar-refractivity contribution in [3.8, 4) is 0 Å². The zero-order valence-electron chi connectivity index (χ0n) is 9.29. The predicted molar refractivity (Wildman–Crippen MR) is 67.2 cm³/mol. The van der Waals surface area contributed by atoms with Crippen LogP contribution in [0.4, 0.5) is 0 Å². The lowest BCUT2D eigenvalue weighted by Gasteiger charge is -2.22. The fraction of sp³-hybridized carbons (Fsp3) is 0.583. The highest BCUT2D eigenvalue weighted by molar-refractivity contribution is 9.10. The van der Waals surface area contributed by atoms with E-state index in [1.54, 1.807) is 0 Å². The number of nitrogens with one attached hydrogen (secondary N) is 1. The molecule has 1 fully saturated rings. The van der Waals surface area contributed by atoms with Crippen LogP contribution in [0.15, 0.2) is 22.8 Å². The number of pyridine rings is 1. The van der Waals surface area contributed by atoms with Gasteiger partial charge in [0, 0.05) is 30.4 Å². The molecule has 1 aromatic rings. The van der Waals surface area contributed by atoms with Crippen LogP contribution in [0.1, 0.15) is 18.5 Å². The molecule has 0 aromatic carbocycles. The van der Waals surface area contributed by atoms with Gasteiger partial charge in [0.2, 0.25) is 0 Å². The molecule has 1 N–H and O–H groups in total. The van der Waals surface area contributed by atoms with Crippen molar-refractivity contribution in [3.05, 3.63) is 28.5 Å². The Labute approximate surface area is 105 Å². The molecule has 1 aromatic heterocycles. The van der Waals surface area contributed by atoms with Gasteiger partial charge in [-0.05, 0) is 53.4 Å². The summed E-state index contributed by atoms with van der Waals surface area (Å²) in [6.07, 6.45) is 4.20. The molecule has 1 saturated heterocycles. The van der Waals surface area contributed by atoms with Gasteiger partial charge in [0.25, 0.3) is 0 Å². The molecule has 88 valence electrons. The van der Waals surface area contributed by atoms with E-state index in [4.69, 9.17) is 4.74 Å². The Balaban J connectivity index is 1.69. The second-order valence-corrected chi connectivity index (χ2v) is 5.07. The molecule has 16 heavy (non-hydrogen) atoms. The summed E-state index contributed by atoms with van der Waals surface area (Å²) >= 11 is 3.38. The van der Waals surface area contributed by atoms with Crippen molar-refractivity contribution < 1.29 is 4.74 Å². The lowest BCUT2D eigenvalue weighted by molar-refractivity contribution is 0.0662. The lowest BCUT2D eigenvalue weighted by Crippen LogP contribution is -2.27. The summed E-state index contributed by atoms with van der Waals surface area (Å²) in [6.45, 7) is 3.76. The molecule has 3 nitrogen and oxygen atoms in total. The van der Waals surface area contributed by atoms with Crippen LogP contribution in [0, 0.1) is 5.92 Å². The molecule has 0 bridgehead atoms. The highest BCUT2D eigenvalue weighted by Crippen LogP contribution is 2.13. The lowest BCUT2D eigenvalue weighted by atomic mass is 10.0. The van der Waals surface area contributed by atoms with E-state index in [0.717, 1.165) is 42.4 Å². The summed E-state index contributed by atoms with van der Waals surface area (Å²) in [4.78, 5) is 4.33. The van der Waals surface area contributed by atoms with Crippen molar-refractivity contribution in [1.29, 1.82) is 0 Å². The van der Waals surface area contributed by atoms with Crippen LogP contribution in [0.3, 0.4) is 0 Å². The smallest absolute Gasteiger partial charge is 0.0542 e. The third-order valence-electron chi connectivity index (χ3n) is 2.87. The van der Waals surface area contributed by atoms with Crippen LogP contribution >= 0.6 is 15.9 Å². The Morgan fingerprint density at radius 1 is 1.38 bits per heavy atom. The maximum Gasteiger partial charge on any atom is 0.0542 e. The van der Waals surface area contributed by atoms with Gasteiger partial charge in [-0.1, -0.05) is 0 Å². The quantitative estimate of drug-likeness (QED) is 0.922. The SMILES string of the molecule is Brc1ccc(CNCC2CCOCC2)nc1. The second kappa shape index (κ2) is 6.33. The van der Waals surface area contributed by atoms with E-state index in [0.29, 0.717) is 0 Å². The van der Waals surface area contributed by atoms with E-state index in [2.05, 4.69) is 26.2 Å². The molecule has 2 rings (SSSR count). The van der Waals surface area contributed by atoms with Crippen molar-refractivity contribution in [2.24, 2.45) is 5.92 Å². The maximum atomic E-state index is 5.33. The van der Waals surface area contributed by atoms with E-state index < -0.39 is 0 Å². The summed E-state index contributed by atoms with van der Waals surface area (Å²) in [6, 6.07) is 4.07. The van der Waals surface area contributed by atoms with Gasteiger partial charge >= 0.3 is 0 Å². The third kappa shape index (κ3) is 3.85. The first-order valence-electron chi connectivity index (χ1n) is 5.73.